The van der Waals surface area contributed by atoms with E-state index in [-0.39, 0.29) is 54.9 Å². The van der Waals surface area contributed by atoms with Gasteiger partial charge in [-0.1, -0.05) is 12.1 Å². The van der Waals surface area contributed by atoms with Gasteiger partial charge in [0.2, 0.25) is 0 Å². The summed E-state index contributed by atoms with van der Waals surface area (Å²) in [5.41, 5.74) is 0.989. The van der Waals surface area contributed by atoms with Crippen molar-refractivity contribution in [1.82, 2.24) is 24.0 Å². The summed E-state index contributed by atoms with van der Waals surface area (Å²) in [6, 6.07) is 6.66. The maximum atomic E-state index is 12.8. The molecule has 5 rings (SSSR count). The highest BCUT2D eigenvalue weighted by molar-refractivity contribution is 6.21. The molecule has 2 aliphatic rings. The number of aliphatic hydroxyl groups excluding tert-OH is 1. The third-order valence-electron chi connectivity index (χ3n) is 5.59. The topological polar surface area (TPSA) is 120 Å². The van der Waals surface area contributed by atoms with Crippen LogP contribution in [0.3, 0.4) is 0 Å². The lowest BCUT2D eigenvalue weighted by atomic mass is 10.1. The lowest BCUT2D eigenvalue weighted by molar-refractivity contribution is -0.0207. The molecule has 3 aromatic rings. The van der Waals surface area contributed by atoms with Gasteiger partial charge in [0, 0.05) is 13.1 Å². The van der Waals surface area contributed by atoms with Crippen LogP contribution in [-0.2, 0) is 11.3 Å². The number of imide groups is 1. The van der Waals surface area contributed by atoms with E-state index in [1.54, 1.807) is 28.8 Å². The van der Waals surface area contributed by atoms with Gasteiger partial charge < -0.3 is 9.84 Å². The normalized spacial score (nSPS) is 21.0. The third kappa shape index (κ3) is 2.84. The number of benzene rings is 1. The molecule has 2 atom stereocenters. The first kappa shape index (κ1) is 18.6. The molecule has 2 aliphatic heterocycles. The van der Waals surface area contributed by atoms with Crippen LogP contribution in [0.2, 0.25) is 0 Å². The highest BCUT2D eigenvalue weighted by Crippen LogP contribution is 2.29. The molecule has 154 valence electrons. The number of carbonyl (C=O) groups is 2. The van der Waals surface area contributed by atoms with Gasteiger partial charge in [-0.2, -0.15) is 0 Å². The van der Waals surface area contributed by atoms with Crippen LogP contribution in [0.15, 0.2) is 41.7 Å². The van der Waals surface area contributed by atoms with Gasteiger partial charge in [-0.3, -0.25) is 28.4 Å². The number of aromatic nitrogens is 4. The second-order valence-corrected chi connectivity index (χ2v) is 7.35. The first-order valence-electron chi connectivity index (χ1n) is 9.72. The fourth-order valence-corrected chi connectivity index (χ4v) is 3.99. The molecule has 10 nitrogen and oxygen atoms in total. The Kier molecular flexibility index (Phi) is 4.44. The number of hydrogen-bond acceptors (Lipinski definition) is 7. The van der Waals surface area contributed by atoms with E-state index in [1.165, 1.54) is 17.2 Å². The second-order valence-electron chi connectivity index (χ2n) is 7.35. The third-order valence-corrected chi connectivity index (χ3v) is 5.59. The molecule has 2 amide bonds. The zero-order valence-electron chi connectivity index (χ0n) is 16.0. The van der Waals surface area contributed by atoms with Crippen LogP contribution in [0.5, 0.6) is 0 Å². The van der Waals surface area contributed by atoms with Gasteiger partial charge in [-0.15, -0.1) is 0 Å². The maximum Gasteiger partial charge on any atom is 0.281 e. The maximum absolute atomic E-state index is 12.8. The summed E-state index contributed by atoms with van der Waals surface area (Å²) >= 11 is 0. The van der Waals surface area contributed by atoms with Crippen LogP contribution in [-0.4, -0.2) is 60.2 Å². The minimum atomic E-state index is -0.362. The Labute approximate surface area is 170 Å². The van der Waals surface area contributed by atoms with Crippen LogP contribution in [0.25, 0.3) is 11.2 Å². The van der Waals surface area contributed by atoms with Crippen LogP contribution in [0, 0.1) is 0 Å². The van der Waals surface area contributed by atoms with E-state index in [9.17, 15) is 19.5 Å². The lowest BCUT2D eigenvalue weighted by Crippen LogP contribution is -2.35. The van der Waals surface area contributed by atoms with Gasteiger partial charge in [0.05, 0.1) is 30.2 Å². The van der Waals surface area contributed by atoms with Crippen molar-refractivity contribution >= 4 is 23.0 Å². The minimum Gasteiger partial charge on any atom is -0.394 e. The predicted octanol–water partition coefficient (Wildman–Crippen LogP) is 0.559. The van der Waals surface area contributed by atoms with Crippen LogP contribution in [0.1, 0.15) is 39.8 Å². The molecule has 0 bridgehead atoms. The summed E-state index contributed by atoms with van der Waals surface area (Å²) in [4.78, 5) is 47.5. The molecule has 0 radical (unpaired) electrons. The summed E-state index contributed by atoms with van der Waals surface area (Å²) < 4.78 is 8.78. The summed E-state index contributed by atoms with van der Waals surface area (Å²) in [7, 11) is 0. The summed E-state index contributed by atoms with van der Waals surface area (Å²) in [6.45, 7) is 0.123. The molecular formula is C20H19N5O5. The molecule has 0 spiro atoms. The summed E-state index contributed by atoms with van der Waals surface area (Å²) in [6.07, 6.45) is 3.76. The van der Waals surface area contributed by atoms with Crippen molar-refractivity contribution in [3.63, 3.8) is 0 Å². The number of aliphatic hydroxyl groups is 1. The molecule has 10 heteroatoms. The van der Waals surface area contributed by atoms with Crippen molar-refractivity contribution in [2.75, 3.05) is 13.2 Å². The number of ether oxygens (including phenoxy) is 1. The zero-order chi connectivity index (χ0) is 20.8. The van der Waals surface area contributed by atoms with Gasteiger partial charge >= 0.3 is 0 Å². The van der Waals surface area contributed by atoms with Crippen molar-refractivity contribution in [3.05, 3.63) is 58.4 Å². The number of nitrogens with zero attached hydrogens (tertiary/aromatic N) is 5. The molecule has 30 heavy (non-hydrogen) atoms. The van der Waals surface area contributed by atoms with Crippen molar-refractivity contribution in [2.24, 2.45) is 0 Å². The molecule has 0 aliphatic carbocycles. The van der Waals surface area contributed by atoms with Crippen LogP contribution < -0.4 is 5.56 Å². The monoisotopic (exact) mass is 409 g/mol. The number of rotatable bonds is 5. The van der Waals surface area contributed by atoms with Crippen LogP contribution in [0.4, 0.5) is 0 Å². The van der Waals surface area contributed by atoms with E-state index in [4.69, 9.17) is 4.74 Å². The zero-order valence-corrected chi connectivity index (χ0v) is 16.0. The largest absolute Gasteiger partial charge is 0.394 e. The molecular weight excluding hydrogens is 390 g/mol. The molecule has 1 fully saturated rings. The average Bonchev–Trinajstić information content (AvgIpc) is 3.46. The molecule has 2 aromatic heterocycles. The van der Waals surface area contributed by atoms with Crippen LogP contribution >= 0.6 is 0 Å². The van der Waals surface area contributed by atoms with E-state index in [0.29, 0.717) is 23.2 Å². The fraction of sp³-hybridized carbons (Fsp3) is 0.350. The quantitative estimate of drug-likeness (QED) is 0.612. The van der Waals surface area contributed by atoms with Gasteiger partial charge in [-0.25, -0.2) is 9.97 Å². The van der Waals surface area contributed by atoms with Crippen molar-refractivity contribution < 1.29 is 19.4 Å². The number of hydrogen-bond donors (Lipinski definition) is 1. The Morgan fingerprint density at radius 1 is 1.00 bits per heavy atom. The Balaban J connectivity index is 1.36. The molecule has 1 N–H and O–H groups in total. The smallest absolute Gasteiger partial charge is 0.281 e. The number of imidazole rings is 1. The van der Waals surface area contributed by atoms with E-state index in [1.807, 2.05) is 0 Å². The molecule has 1 aromatic carbocycles. The molecule has 0 saturated carbocycles. The van der Waals surface area contributed by atoms with Crippen molar-refractivity contribution in [3.8, 4) is 0 Å². The number of amides is 2. The standard InChI is InChI=1S/C20H19N5O5/c26-9-12-5-6-15(30-12)25-11-21-16-17(25)22-10-23(20(16)29)7-8-24-18(27)13-3-1-2-4-14(13)19(24)28/h1-4,10-12,15,26H,5-9H2/t12-,15+/m0/s1. The van der Waals surface area contributed by atoms with E-state index >= 15 is 0 Å². The Morgan fingerprint density at radius 3 is 2.40 bits per heavy atom. The van der Waals surface area contributed by atoms with Crippen molar-refractivity contribution in [2.45, 2.75) is 31.7 Å². The first-order valence-corrected chi connectivity index (χ1v) is 9.72. The Morgan fingerprint density at radius 2 is 1.73 bits per heavy atom. The first-order chi connectivity index (χ1) is 14.6. The van der Waals surface area contributed by atoms with E-state index in [0.717, 1.165) is 11.3 Å². The van der Waals surface area contributed by atoms with E-state index < -0.39 is 0 Å². The minimum absolute atomic E-state index is 0.0544. The lowest BCUT2D eigenvalue weighted by Gasteiger charge is -2.15. The fourth-order valence-electron chi connectivity index (χ4n) is 3.99. The highest BCUT2D eigenvalue weighted by Gasteiger charge is 2.35. The molecule has 1 saturated heterocycles. The highest BCUT2D eigenvalue weighted by atomic mass is 16.5. The molecule has 0 unspecified atom stereocenters. The molecule has 4 heterocycles. The van der Waals surface area contributed by atoms with Gasteiger partial charge in [0.1, 0.15) is 12.6 Å². The predicted molar refractivity (Wildman–Crippen MR) is 104 cm³/mol. The van der Waals surface area contributed by atoms with Crippen molar-refractivity contribution in [1.29, 1.82) is 0 Å². The van der Waals surface area contributed by atoms with Gasteiger partial charge in [-0.05, 0) is 25.0 Å². The number of fused-ring (bicyclic) bond motifs is 2. The summed E-state index contributed by atoms with van der Waals surface area (Å²) in [5, 5.41) is 9.25. The average molecular weight is 409 g/mol. The Hall–Kier alpha value is -3.37. The SMILES string of the molecule is O=C1c2ccccc2C(=O)N1CCn1cnc2c(ncn2[C@H]2CC[C@@H](CO)O2)c1=O. The summed E-state index contributed by atoms with van der Waals surface area (Å²) in [5.74, 6) is -0.724. The van der Waals surface area contributed by atoms with E-state index in [2.05, 4.69) is 9.97 Å². The van der Waals surface area contributed by atoms with Gasteiger partial charge in [0.25, 0.3) is 17.4 Å². The van der Waals surface area contributed by atoms with Gasteiger partial charge in [0.15, 0.2) is 11.2 Å². The number of carbonyl (C=O) groups excluding carboxylic acids is 2. The second kappa shape index (κ2) is 7.15. The Bertz CT molecular complexity index is 1180.